The Morgan fingerprint density at radius 2 is 1.78 bits per heavy atom. The molecule has 1 rings (SSSR count). The van der Waals surface area contributed by atoms with Crippen LogP contribution in [0.1, 0.15) is 40.0 Å². The average Bonchev–Trinajstić information content (AvgIpc) is 2.34. The van der Waals surface area contributed by atoms with Gasteiger partial charge in [-0.05, 0) is 45.8 Å². The number of nitrogens with one attached hydrogen (secondary N) is 1. The minimum atomic E-state index is -4.01. The Balaban J connectivity index is 2.46. The molecule has 1 heterocycles. The Labute approximate surface area is 108 Å². The van der Waals surface area contributed by atoms with Crippen molar-refractivity contribution in [3.63, 3.8) is 0 Å². The summed E-state index contributed by atoms with van der Waals surface area (Å²) in [6, 6.07) is 0.682. The lowest BCUT2D eigenvalue weighted by Crippen LogP contribution is -2.51. The molecule has 1 aliphatic rings. The first kappa shape index (κ1) is 15.8. The Bertz CT molecular complexity index is 235. The van der Waals surface area contributed by atoms with E-state index in [1.54, 1.807) is 0 Å². The van der Waals surface area contributed by atoms with Crippen LogP contribution in [-0.4, -0.2) is 42.8 Å². The lowest BCUT2D eigenvalue weighted by atomic mass is 9.94. The van der Waals surface area contributed by atoms with Crippen molar-refractivity contribution in [3.8, 4) is 0 Å². The molecule has 0 saturated carbocycles. The minimum Gasteiger partial charge on any atom is -0.313 e. The summed E-state index contributed by atoms with van der Waals surface area (Å²) in [5, 5.41) is 3.41. The summed E-state index contributed by atoms with van der Waals surface area (Å²) in [5.41, 5.74) is 0. The van der Waals surface area contributed by atoms with Crippen molar-refractivity contribution in [1.82, 2.24) is 10.2 Å². The largest absolute Gasteiger partial charge is 0.391 e. The molecule has 108 valence electrons. The van der Waals surface area contributed by atoms with Crippen LogP contribution in [0.4, 0.5) is 13.2 Å². The minimum absolute atomic E-state index is 0.246. The van der Waals surface area contributed by atoms with E-state index in [2.05, 4.69) is 31.0 Å². The van der Waals surface area contributed by atoms with Crippen LogP contribution in [0, 0.1) is 5.92 Å². The van der Waals surface area contributed by atoms with Crippen LogP contribution >= 0.6 is 0 Å². The van der Waals surface area contributed by atoms with Crippen molar-refractivity contribution in [2.75, 3.05) is 19.6 Å². The highest BCUT2D eigenvalue weighted by atomic mass is 19.4. The third-order valence-corrected chi connectivity index (χ3v) is 4.06. The summed E-state index contributed by atoms with van der Waals surface area (Å²) in [5.74, 6) is -1.10. The molecule has 18 heavy (non-hydrogen) atoms. The van der Waals surface area contributed by atoms with Gasteiger partial charge in [-0.25, -0.2) is 0 Å². The van der Waals surface area contributed by atoms with Crippen molar-refractivity contribution < 1.29 is 13.2 Å². The van der Waals surface area contributed by atoms with Gasteiger partial charge in [-0.2, -0.15) is 13.2 Å². The number of rotatable bonds is 5. The van der Waals surface area contributed by atoms with Crippen LogP contribution < -0.4 is 5.32 Å². The highest BCUT2D eigenvalue weighted by Gasteiger charge is 2.41. The second-order valence-electron chi connectivity index (χ2n) is 5.16. The molecule has 5 heteroatoms. The van der Waals surface area contributed by atoms with E-state index in [9.17, 15) is 13.2 Å². The number of likely N-dealkylation sites (N-methyl/N-ethyl adjacent to an activating group) is 1. The zero-order chi connectivity index (χ0) is 13.8. The molecule has 0 aromatic carbocycles. The molecule has 2 nitrogen and oxygen atoms in total. The molecule has 0 aromatic heterocycles. The highest BCUT2D eigenvalue weighted by Crippen LogP contribution is 2.34. The third-order valence-electron chi connectivity index (χ3n) is 4.06. The van der Waals surface area contributed by atoms with Gasteiger partial charge in [-0.1, -0.05) is 13.8 Å². The van der Waals surface area contributed by atoms with E-state index in [0.29, 0.717) is 25.2 Å². The Morgan fingerprint density at radius 1 is 1.22 bits per heavy atom. The molecule has 0 bridgehead atoms. The number of hydrogen-bond donors (Lipinski definition) is 1. The maximum atomic E-state index is 12.6. The van der Waals surface area contributed by atoms with Gasteiger partial charge in [0.25, 0.3) is 0 Å². The zero-order valence-corrected chi connectivity index (χ0v) is 11.6. The fourth-order valence-electron chi connectivity index (χ4n) is 2.81. The van der Waals surface area contributed by atoms with Gasteiger partial charge in [-0.3, -0.25) is 4.90 Å². The van der Waals surface area contributed by atoms with E-state index in [4.69, 9.17) is 0 Å². The second-order valence-corrected chi connectivity index (χ2v) is 5.16. The van der Waals surface area contributed by atoms with Crippen LogP contribution in [0.15, 0.2) is 0 Å². The third kappa shape index (κ3) is 4.12. The number of halogens is 3. The fraction of sp³-hybridized carbons (Fsp3) is 1.00. The van der Waals surface area contributed by atoms with Crippen molar-refractivity contribution >= 4 is 0 Å². The first-order valence-electron chi connectivity index (χ1n) is 6.94. The molecule has 0 amide bonds. The van der Waals surface area contributed by atoms with E-state index in [1.807, 2.05) is 0 Å². The molecule has 0 aromatic rings. The number of piperidine rings is 1. The molecular weight excluding hydrogens is 241 g/mol. The van der Waals surface area contributed by atoms with E-state index in [0.717, 1.165) is 13.0 Å². The molecule has 1 fully saturated rings. The van der Waals surface area contributed by atoms with Crippen LogP contribution in [0.25, 0.3) is 0 Å². The summed E-state index contributed by atoms with van der Waals surface area (Å²) < 4.78 is 37.8. The number of nitrogens with zero attached hydrogens (tertiary/aromatic N) is 1. The van der Waals surface area contributed by atoms with Crippen molar-refractivity contribution in [2.24, 2.45) is 5.92 Å². The predicted molar refractivity (Wildman–Crippen MR) is 67.6 cm³/mol. The first-order valence-corrected chi connectivity index (χ1v) is 6.94. The van der Waals surface area contributed by atoms with E-state index < -0.39 is 12.1 Å². The van der Waals surface area contributed by atoms with Gasteiger partial charge in [-0.15, -0.1) is 0 Å². The monoisotopic (exact) mass is 266 g/mol. The molecule has 2 atom stereocenters. The summed E-state index contributed by atoms with van der Waals surface area (Å²) in [4.78, 5) is 2.19. The van der Waals surface area contributed by atoms with Gasteiger partial charge >= 0.3 is 6.18 Å². The van der Waals surface area contributed by atoms with Crippen LogP contribution in [-0.2, 0) is 0 Å². The zero-order valence-electron chi connectivity index (χ0n) is 11.6. The summed E-state index contributed by atoms with van der Waals surface area (Å²) >= 11 is 0. The molecule has 0 spiro atoms. The SMILES string of the molecule is CCNC(CC)C(C)N1CCC(C(F)(F)F)CC1. The van der Waals surface area contributed by atoms with Crippen molar-refractivity contribution in [2.45, 2.75) is 58.3 Å². The quantitative estimate of drug-likeness (QED) is 0.823. The maximum Gasteiger partial charge on any atom is 0.391 e. The summed E-state index contributed by atoms with van der Waals surface area (Å²) in [6.45, 7) is 8.32. The summed E-state index contributed by atoms with van der Waals surface area (Å²) in [6.07, 6.45) is -2.51. The van der Waals surface area contributed by atoms with Crippen LogP contribution in [0.3, 0.4) is 0 Å². The molecular formula is C13H25F3N2. The molecule has 1 saturated heterocycles. The Hall–Kier alpha value is -0.290. The second kappa shape index (κ2) is 6.75. The van der Waals surface area contributed by atoms with Crippen molar-refractivity contribution in [3.05, 3.63) is 0 Å². The molecule has 0 aliphatic carbocycles. The lowest BCUT2D eigenvalue weighted by molar-refractivity contribution is -0.186. The molecule has 0 radical (unpaired) electrons. The van der Waals surface area contributed by atoms with Gasteiger partial charge in [0.05, 0.1) is 5.92 Å². The van der Waals surface area contributed by atoms with E-state index >= 15 is 0 Å². The number of hydrogen-bond acceptors (Lipinski definition) is 2. The Kier molecular flexibility index (Phi) is 5.92. The Morgan fingerprint density at radius 3 is 2.17 bits per heavy atom. The maximum absolute atomic E-state index is 12.6. The fourth-order valence-corrected chi connectivity index (χ4v) is 2.81. The lowest BCUT2D eigenvalue weighted by Gasteiger charge is -2.39. The van der Waals surface area contributed by atoms with E-state index in [-0.39, 0.29) is 12.8 Å². The van der Waals surface area contributed by atoms with Crippen molar-refractivity contribution in [1.29, 1.82) is 0 Å². The number of likely N-dealkylation sites (tertiary alicyclic amines) is 1. The topological polar surface area (TPSA) is 15.3 Å². The van der Waals surface area contributed by atoms with Crippen LogP contribution in [0.2, 0.25) is 0 Å². The van der Waals surface area contributed by atoms with Crippen LogP contribution in [0.5, 0.6) is 0 Å². The predicted octanol–water partition coefficient (Wildman–Crippen LogP) is 3.04. The molecule has 2 unspecified atom stereocenters. The van der Waals surface area contributed by atoms with Gasteiger partial charge in [0.15, 0.2) is 0 Å². The average molecular weight is 266 g/mol. The van der Waals surface area contributed by atoms with Gasteiger partial charge in [0, 0.05) is 12.1 Å². The van der Waals surface area contributed by atoms with Gasteiger partial charge in [0.1, 0.15) is 0 Å². The smallest absolute Gasteiger partial charge is 0.313 e. The normalized spacial score (nSPS) is 23.0. The van der Waals surface area contributed by atoms with E-state index in [1.165, 1.54) is 0 Å². The molecule has 1 N–H and O–H groups in total. The van der Waals surface area contributed by atoms with Gasteiger partial charge < -0.3 is 5.32 Å². The van der Waals surface area contributed by atoms with Gasteiger partial charge in [0.2, 0.25) is 0 Å². The summed E-state index contributed by atoms with van der Waals surface area (Å²) in [7, 11) is 0. The standard InChI is InChI=1S/C13H25F3N2/c1-4-12(17-5-2)10(3)18-8-6-11(7-9-18)13(14,15)16/h10-12,17H,4-9H2,1-3H3. The number of alkyl halides is 3. The first-order chi connectivity index (χ1) is 8.40. The molecule has 1 aliphatic heterocycles. The highest BCUT2D eigenvalue weighted by molar-refractivity contribution is 4.85.